The smallest absolute Gasteiger partial charge is 0.326 e. The number of amides is 2. The number of nitrogens with two attached hydrogens (primary N) is 1. The van der Waals surface area contributed by atoms with E-state index in [1.165, 1.54) is 0 Å². The van der Waals surface area contributed by atoms with Crippen molar-refractivity contribution in [2.24, 2.45) is 5.73 Å². The van der Waals surface area contributed by atoms with Crippen LogP contribution in [0.4, 0.5) is 0 Å². The normalized spacial score (nSPS) is 13.4. The number of hydrogen-bond donors (Lipinski definition) is 4. The summed E-state index contributed by atoms with van der Waals surface area (Å²) in [5.41, 5.74) is 5.77. The van der Waals surface area contributed by atoms with Gasteiger partial charge in [-0.25, -0.2) is 0 Å². The highest BCUT2D eigenvalue weighted by atomic mass is 79.9. The molecule has 2 unspecified atom stereocenters. The van der Waals surface area contributed by atoms with Crippen molar-refractivity contribution in [3.8, 4) is 0 Å². The van der Waals surface area contributed by atoms with Crippen LogP contribution in [-0.4, -0.2) is 60.8 Å². The maximum atomic E-state index is 12.5. The van der Waals surface area contributed by atoms with E-state index in [2.05, 4.69) is 39.2 Å². The van der Waals surface area contributed by atoms with Crippen LogP contribution in [-0.2, 0) is 35.1 Å². The highest BCUT2D eigenvalue weighted by molar-refractivity contribution is 9.10. The first kappa shape index (κ1) is 27.9. The Morgan fingerprint density at radius 1 is 1.12 bits per heavy atom. The van der Waals surface area contributed by atoms with E-state index >= 15 is 0 Å². The molecular weight excluding hydrogens is 502 g/mol. The van der Waals surface area contributed by atoms with E-state index in [-0.39, 0.29) is 44.8 Å². The minimum Gasteiger partial charge on any atom is -0.465 e. The molecule has 0 aliphatic carbocycles. The molecule has 11 heteroatoms. The number of ether oxygens (including phenoxy) is 2. The zero-order valence-electron chi connectivity index (χ0n) is 18.2. The number of benzene rings is 1. The number of nitrogens with one attached hydrogen (secondary N) is 2. The van der Waals surface area contributed by atoms with E-state index in [1.807, 2.05) is 24.3 Å². The second-order valence-electron chi connectivity index (χ2n) is 7.01. The van der Waals surface area contributed by atoms with Crippen LogP contribution in [0.5, 0.6) is 0 Å². The van der Waals surface area contributed by atoms with Gasteiger partial charge in [0.2, 0.25) is 11.8 Å². The van der Waals surface area contributed by atoms with Crippen molar-refractivity contribution in [2.75, 3.05) is 25.5 Å². The molecule has 0 saturated heterocycles. The van der Waals surface area contributed by atoms with Gasteiger partial charge in [0.15, 0.2) is 0 Å². The van der Waals surface area contributed by atoms with Crippen LogP contribution in [0.1, 0.15) is 32.3 Å². The summed E-state index contributed by atoms with van der Waals surface area (Å²) in [5.74, 6) is -2.22. The lowest BCUT2D eigenvalue weighted by molar-refractivity contribution is -0.150. The van der Waals surface area contributed by atoms with Gasteiger partial charge >= 0.3 is 11.9 Å². The van der Waals surface area contributed by atoms with Crippen LogP contribution < -0.4 is 16.4 Å². The summed E-state index contributed by atoms with van der Waals surface area (Å²) < 4.78 is 10.8. The fraction of sp³-hybridized carbons (Fsp3) is 0.524. The highest BCUT2D eigenvalue weighted by Crippen LogP contribution is 2.21. The SMILES string of the molecule is CCOC(=O)CNC(=O)C(CS)NC(=O)CCC(N)(Cc1ccc(Br)cc1)C(=O)OCC. The van der Waals surface area contributed by atoms with Crippen molar-refractivity contribution >= 4 is 52.3 Å². The Kier molecular flexibility index (Phi) is 12.3. The molecule has 32 heavy (non-hydrogen) atoms. The summed E-state index contributed by atoms with van der Waals surface area (Å²) in [7, 11) is 0. The summed E-state index contributed by atoms with van der Waals surface area (Å²) in [6, 6.07) is 6.37. The molecule has 0 radical (unpaired) electrons. The predicted octanol–water partition coefficient (Wildman–Crippen LogP) is 1.13. The van der Waals surface area contributed by atoms with Crippen LogP contribution in [0, 0.1) is 0 Å². The van der Waals surface area contributed by atoms with Crippen LogP contribution in [0.25, 0.3) is 0 Å². The van der Waals surface area contributed by atoms with E-state index in [9.17, 15) is 19.2 Å². The molecule has 4 N–H and O–H groups in total. The van der Waals surface area contributed by atoms with E-state index in [0.717, 1.165) is 10.0 Å². The van der Waals surface area contributed by atoms with E-state index in [0.29, 0.717) is 0 Å². The van der Waals surface area contributed by atoms with Crippen LogP contribution >= 0.6 is 28.6 Å². The summed E-state index contributed by atoms with van der Waals surface area (Å²) >= 11 is 7.44. The Balaban J connectivity index is 2.73. The lowest BCUT2D eigenvalue weighted by atomic mass is 9.87. The highest BCUT2D eigenvalue weighted by Gasteiger charge is 2.36. The van der Waals surface area contributed by atoms with Crippen molar-refractivity contribution in [3.63, 3.8) is 0 Å². The number of rotatable bonds is 13. The quantitative estimate of drug-likeness (QED) is 0.221. The molecule has 0 aromatic heterocycles. The van der Waals surface area contributed by atoms with Crippen molar-refractivity contribution in [1.82, 2.24) is 10.6 Å². The molecule has 2 atom stereocenters. The largest absolute Gasteiger partial charge is 0.465 e. The zero-order valence-corrected chi connectivity index (χ0v) is 20.7. The first-order valence-electron chi connectivity index (χ1n) is 10.2. The third-order valence-electron chi connectivity index (χ3n) is 4.46. The van der Waals surface area contributed by atoms with Gasteiger partial charge in [0, 0.05) is 23.1 Å². The molecular formula is C21H30BrN3O6S. The Morgan fingerprint density at radius 2 is 1.75 bits per heavy atom. The first-order valence-corrected chi connectivity index (χ1v) is 11.6. The molecule has 0 bridgehead atoms. The Morgan fingerprint density at radius 3 is 2.31 bits per heavy atom. The minimum absolute atomic E-state index is 0.0114. The van der Waals surface area contributed by atoms with Crippen molar-refractivity contribution in [1.29, 1.82) is 0 Å². The molecule has 0 spiro atoms. The first-order chi connectivity index (χ1) is 15.1. The fourth-order valence-corrected chi connectivity index (χ4v) is 3.32. The van der Waals surface area contributed by atoms with Gasteiger partial charge in [-0.2, -0.15) is 12.6 Å². The van der Waals surface area contributed by atoms with Gasteiger partial charge < -0.3 is 25.8 Å². The number of hydrogen-bond acceptors (Lipinski definition) is 8. The maximum absolute atomic E-state index is 12.5. The van der Waals surface area contributed by atoms with Gasteiger partial charge in [0.1, 0.15) is 18.1 Å². The fourth-order valence-electron chi connectivity index (χ4n) is 2.80. The molecule has 0 aliphatic heterocycles. The number of carbonyl (C=O) groups excluding carboxylic acids is 4. The Labute approximate surface area is 201 Å². The topological polar surface area (TPSA) is 137 Å². The molecule has 9 nitrogen and oxygen atoms in total. The van der Waals surface area contributed by atoms with Crippen LogP contribution in [0.15, 0.2) is 28.7 Å². The van der Waals surface area contributed by atoms with Gasteiger partial charge in [-0.1, -0.05) is 28.1 Å². The molecule has 2 amide bonds. The van der Waals surface area contributed by atoms with Gasteiger partial charge in [-0.15, -0.1) is 0 Å². The lowest BCUT2D eigenvalue weighted by Crippen LogP contribution is -2.53. The molecule has 1 rings (SSSR count). The van der Waals surface area contributed by atoms with E-state index in [4.69, 9.17) is 15.2 Å². The second-order valence-corrected chi connectivity index (χ2v) is 8.29. The second kappa shape index (κ2) is 14.1. The number of thiol groups is 1. The number of carbonyl (C=O) groups is 4. The summed E-state index contributed by atoms with van der Waals surface area (Å²) in [5, 5.41) is 4.93. The zero-order chi connectivity index (χ0) is 24.1. The molecule has 178 valence electrons. The third kappa shape index (κ3) is 9.58. The Hall–Kier alpha value is -2.11. The van der Waals surface area contributed by atoms with Gasteiger partial charge in [-0.3, -0.25) is 19.2 Å². The van der Waals surface area contributed by atoms with Gasteiger partial charge in [0.05, 0.1) is 13.2 Å². The van der Waals surface area contributed by atoms with Gasteiger partial charge in [-0.05, 0) is 38.0 Å². The van der Waals surface area contributed by atoms with E-state index in [1.54, 1.807) is 13.8 Å². The minimum atomic E-state index is -1.41. The Bertz CT molecular complexity index is 792. The van der Waals surface area contributed by atoms with Crippen molar-refractivity contribution < 1.29 is 28.7 Å². The average molecular weight is 532 g/mol. The molecule has 0 heterocycles. The molecule has 0 fully saturated rings. The average Bonchev–Trinajstić information content (AvgIpc) is 2.76. The summed E-state index contributed by atoms with van der Waals surface area (Å²) in [6.07, 6.45) is 0.0845. The monoisotopic (exact) mass is 531 g/mol. The van der Waals surface area contributed by atoms with Crippen molar-refractivity contribution in [2.45, 2.75) is 44.7 Å². The number of esters is 2. The summed E-state index contributed by atoms with van der Waals surface area (Å²) in [4.78, 5) is 48.6. The maximum Gasteiger partial charge on any atom is 0.326 e. The van der Waals surface area contributed by atoms with Gasteiger partial charge in [0.25, 0.3) is 0 Å². The molecule has 1 aromatic carbocycles. The summed E-state index contributed by atoms with van der Waals surface area (Å²) in [6.45, 7) is 3.38. The molecule has 0 aliphatic rings. The van der Waals surface area contributed by atoms with E-state index < -0.39 is 35.3 Å². The number of halogens is 1. The molecule has 0 saturated carbocycles. The van der Waals surface area contributed by atoms with Crippen LogP contribution in [0.3, 0.4) is 0 Å². The lowest BCUT2D eigenvalue weighted by Gasteiger charge is -2.27. The predicted molar refractivity (Wildman–Crippen MR) is 126 cm³/mol. The third-order valence-corrected chi connectivity index (χ3v) is 5.35. The molecule has 1 aromatic rings. The standard InChI is InChI=1S/C21H30BrN3O6S/c1-3-30-18(27)12-24-19(28)16(13-32)25-17(26)9-10-21(23,20(29)31-4-2)11-14-5-7-15(22)8-6-14/h5-8,16,32H,3-4,9-13,23H2,1-2H3,(H,24,28)(H,25,26). The van der Waals surface area contributed by atoms with Crippen molar-refractivity contribution in [3.05, 3.63) is 34.3 Å². The van der Waals surface area contributed by atoms with Crippen LogP contribution in [0.2, 0.25) is 0 Å².